The number of rotatable bonds is 5. The Labute approximate surface area is 122 Å². The first-order chi connectivity index (χ1) is 9.60. The van der Waals surface area contributed by atoms with E-state index in [1.165, 1.54) is 18.2 Å². The van der Waals surface area contributed by atoms with Crippen molar-refractivity contribution in [2.24, 2.45) is 5.73 Å². The minimum Gasteiger partial charge on any atom is -0.457 e. The van der Waals surface area contributed by atoms with Gasteiger partial charge in [0, 0.05) is 7.11 Å². The Morgan fingerprint density at radius 1 is 1.25 bits per heavy atom. The molecule has 0 aromatic heterocycles. The molecule has 2 aromatic rings. The molecule has 0 saturated carbocycles. The molecule has 2 aromatic carbocycles. The van der Waals surface area contributed by atoms with Crippen molar-refractivity contribution in [2.75, 3.05) is 7.11 Å². The van der Waals surface area contributed by atoms with Crippen LogP contribution in [0.25, 0.3) is 0 Å². The zero-order valence-electron chi connectivity index (χ0n) is 10.9. The van der Waals surface area contributed by atoms with Crippen LogP contribution in [0.3, 0.4) is 0 Å². The fourth-order valence-corrected chi connectivity index (χ4v) is 1.94. The minimum absolute atomic E-state index is 0.0903. The molecule has 0 fully saturated rings. The van der Waals surface area contributed by atoms with Crippen LogP contribution in [0.4, 0.5) is 4.39 Å². The topological polar surface area (TPSA) is 44.5 Å². The summed E-state index contributed by atoms with van der Waals surface area (Å²) in [6.45, 7) is 0.489. The number of ether oxygens (including phenoxy) is 2. The van der Waals surface area contributed by atoms with Gasteiger partial charge in [0.05, 0.1) is 12.2 Å². The number of halogens is 1. The average molecular weight is 291 g/mol. The van der Waals surface area contributed by atoms with E-state index in [0.29, 0.717) is 23.7 Å². The van der Waals surface area contributed by atoms with Crippen LogP contribution in [0.2, 0.25) is 0 Å². The van der Waals surface area contributed by atoms with Gasteiger partial charge < -0.3 is 15.2 Å². The van der Waals surface area contributed by atoms with Crippen molar-refractivity contribution >= 4 is 17.2 Å². The Morgan fingerprint density at radius 3 is 2.75 bits per heavy atom. The highest BCUT2D eigenvalue weighted by Crippen LogP contribution is 2.26. The third kappa shape index (κ3) is 3.53. The number of hydrogen-bond donors (Lipinski definition) is 1. The molecule has 0 spiro atoms. The monoisotopic (exact) mass is 291 g/mol. The molecule has 0 aliphatic carbocycles. The van der Waals surface area contributed by atoms with Crippen LogP contribution in [0.15, 0.2) is 42.5 Å². The molecule has 0 atom stereocenters. The van der Waals surface area contributed by atoms with E-state index < -0.39 is 5.82 Å². The van der Waals surface area contributed by atoms with Crippen LogP contribution < -0.4 is 10.5 Å². The molecule has 0 amide bonds. The second-order valence-corrected chi connectivity index (χ2v) is 4.63. The summed E-state index contributed by atoms with van der Waals surface area (Å²) < 4.78 is 24.0. The lowest BCUT2D eigenvalue weighted by molar-refractivity contribution is 0.184. The molecule has 0 aliphatic heterocycles. The highest BCUT2D eigenvalue weighted by Gasteiger charge is 2.09. The minimum atomic E-state index is -0.409. The SMILES string of the molecule is COCc1cccc(Oc2ccc(F)cc2C(N)=S)c1. The summed E-state index contributed by atoms with van der Waals surface area (Å²) in [5, 5.41) is 0. The first kappa shape index (κ1) is 14.4. The van der Waals surface area contributed by atoms with Crippen molar-refractivity contribution in [1.82, 2.24) is 0 Å². The maximum Gasteiger partial charge on any atom is 0.137 e. The summed E-state index contributed by atoms with van der Waals surface area (Å²) in [4.78, 5) is 0.0903. The highest BCUT2D eigenvalue weighted by molar-refractivity contribution is 7.80. The molecule has 0 saturated heterocycles. The van der Waals surface area contributed by atoms with Gasteiger partial charge in [0.15, 0.2) is 0 Å². The van der Waals surface area contributed by atoms with Crippen LogP contribution in [-0.2, 0) is 11.3 Å². The molecule has 20 heavy (non-hydrogen) atoms. The van der Waals surface area contributed by atoms with E-state index >= 15 is 0 Å². The van der Waals surface area contributed by atoms with Crippen LogP contribution in [-0.4, -0.2) is 12.1 Å². The van der Waals surface area contributed by atoms with Crippen molar-refractivity contribution in [3.05, 3.63) is 59.4 Å². The van der Waals surface area contributed by atoms with Crippen LogP contribution in [0, 0.1) is 5.82 Å². The lowest BCUT2D eigenvalue weighted by atomic mass is 10.2. The first-order valence-corrected chi connectivity index (χ1v) is 6.36. The molecule has 0 unspecified atom stereocenters. The van der Waals surface area contributed by atoms with Gasteiger partial charge in [-0.3, -0.25) is 0 Å². The van der Waals surface area contributed by atoms with E-state index in [-0.39, 0.29) is 4.99 Å². The molecule has 5 heteroatoms. The van der Waals surface area contributed by atoms with Gasteiger partial charge in [-0.25, -0.2) is 4.39 Å². The van der Waals surface area contributed by atoms with Crippen molar-refractivity contribution in [2.45, 2.75) is 6.61 Å². The zero-order chi connectivity index (χ0) is 14.5. The number of hydrogen-bond acceptors (Lipinski definition) is 3. The lowest BCUT2D eigenvalue weighted by Crippen LogP contribution is -2.11. The predicted octanol–water partition coefficient (Wildman–Crippen LogP) is 3.40. The summed E-state index contributed by atoms with van der Waals surface area (Å²) in [6.07, 6.45) is 0. The summed E-state index contributed by atoms with van der Waals surface area (Å²) >= 11 is 4.90. The molecule has 2 rings (SSSR count). The maximum absolute atomic E-state index is 13.2. The van der Waals surface area contributed by atoms with Crippen molar-refractivity contribution in [3.8, 4) is 11.5 Å². The Kier molecular flexibility index (Phi) is 4.65. The Morgan fingerprint density at radius 2 is 2.05 bits per heavy atom. The van der Waals surface area contributed by atoms with Gasteiger partial charge in [-0.1, -0.05) is 24.4 Å². The van der Waals surface area contributed by atoms with Gasteiger partial charge in [-0.05, 0) is 35.9 Å². The molecule has 0 bridgehead atoms. The second kappa shape index (κ2) is 6.45. The van der Waals surface area contributed by atoms with E-state index in [1.54, 1.807) is 13.2 Å². The number of benzene rings is 2. The molecule has 0 aliphatic rings. The molecular weight excluding hydrogens is 277 g/mol. The van der Waals surface area contributed by atoms with Gasteiger partial charge in [-0.15, -0.1) is 0 Å². The van der Waals surface area contributed by atoms with E-state index in [1.807, 2.05) is 18.2 Å². The summed E-state index contributed by atoms with van der Waals surface area (Å²) in [7, 11) is 1.62. The zero-order valence-corrected chi connectivity index (χ0v) is 11.7. The Bertz CT molecular complexity index is 631. The van der Waals surface area contributed by atoms with E-state index in [0.717, 1.165) is 5.56 Å². The quantitative estimate of drug-likeness (QED) is 0.858. The average Bonchev–Trinajstić information content (AvgIpc) is 2.41. The molecule has 0 heterocycles. The molecule has 2 N–H and O–H groups in total. The molecule has 104 valence electrons. The van der Waals surface area contributed by atoms with Gasteiger partial charge in [-0.2, -0.15) is 0 Å². The molecule has 3 nitrogen and oxygen atoms in total. The summed E-state index contributed by atoms with van der Waals surface area (Å²) in [5.41, 5.74) is 6.93. The van der Waals surface area contributed by atoms with E-state index in [4.69, 9.17) is 27.4 Å². The van der Waals surface area contributed by atoms with Crippen molar-refractivity contribution in [3.63, 3.8) is 0 Å². The number of nitrogens with two attached hydrogens (primary N) is 1. The number of thiocarbonyl (C=S) groups is 1. The van der Waals surface area contributed by atoms with Gasteiger partial charge in [0.2, 0.25) is 0 Å². The summed E-state index contributed by atoms with van der Waals surface area (Å²) in [6, 6.07) is 11.5. The standard InChI is InChI=1S/C15H14FNO2S/c1-18-9-10-3-2-4-12(7-10)19-14-6-5-11(16)8-13(14)15(17)20/h2-8H,9H2,1H3,(H2,17,20). The fraction of sp³-hybridized carbons (Fsp3) is 0.133. The highest BCUT2D eigenvalue weighted by atomic mass is 32.1. The van der Waals surface area contributed by atoms with Gasteiger partial charge >= 0.3 is 0 Å². The smallest absolute Gasteiger partial charge is 0.137 e. The largest absolute Gasteiger partial charge is 0.457 e. The van der Waals surface area contributed by atoms with Crippen LogP contribution >= 0.6 is 12.2 Å². The molecular formula is C15H14FNO2S. The van der Waals surface area contributed by atoms with Gasteiger partial charge in [0.25, 0.3) is 0 Å². The first-order valence-electron chi connectivity index (χ1n) is 5.95. The van der Waals surface area contributed by atoms with E-state index in [9.17, 15) is 4.39 Å². The molecule has 0 radical (unpaired) electrons. The van der Waals surface area contributed by atoms with Crippen molar-refractivity contribution < 1.29 is 13.9 Å². The van der Waals surface area contributed by atoms with Crippen molar-refractivity contribution in [1.29, 1.82) is 0 Å². The predicted molar refractivity (Wildman–Crippen MR) is 79.5 cm³/mol. The maximum atomic E-state index is 13.2. The van der Waals surface area contributed by atoms with Crippen LogP contribution in [0.5, 0.6) is 11.5 Å². The third-order valence-corrected chi connectivity index (χ3v) is 2.86. The van der Waals surface area contributed by atoms with Crippen LogP contribution in [0.1, 0.15) is 11.1 Å². The fourth-order valence-electron chi connectivity index (χ4n) is 1.78. The summed E-state index contributed by atoms with van der Waals surface area (Å²) in [5.74, 6) is 0.630. The number of methoxy groups -OCH3 is 1. The van der Waals surface area contributed by atoms with Gasteiger partial charge in [0.1, 0.15) is 22.3 Å². The third-order valence-electron chi connectivity index (χ3n) is 2.64. The van der Waals surface area contributed by atoms with E-state index in [2.05, 4.69) is 0 Å². The Hall–Kier alpha value is -1.98. The second-order valence-electron chi connectivity index (χ2n) is 4.19. The Balaban J connectivity index is 2.30. The lowest BCUT2D eigenvalue weighted by Gasteiger charge is -2.11. The normalized spacial score (nSPS) is 10.3.